The zero-order valence-electron chi connectivity index (χ0n) is 25.6. The average molecular weight is 719 g/mol. The van der Waals surface area contributed by atoms with Gasteiger partial charge in [-0.3, -0.25) is 0 Å². The Hall–Kier alpha value is -5.46. The summed E-state index contributed by atoms with van der Waals surface area (Å²) >= 11 is -4.93. The Morgan fingerprint density at radius 3 is 0.915 bits per heavy atom. The summed E-state index contributed by atoms with van der Waals surface area (Å²) in [7, 11) is 0. The molecule has 0 atom stereocenters. The van der Waals surface area contributed by atoms with E-state index in [0.29, 0.717) is 22.6 Å². The molecule has 0 radical (unpaired) electrons. The fourth-order valence-corrected chi connectivity index (χ4v) is 14.0. The first-order valence-corrected chi connectivity index (χ1v) is 20.5. The summed E-state index contributed by atoms with van der Waals surface area (Å²) in [6.45, 7) is 0. The molecule has 6 aromatic carbocycles. The SMILES string of the molecule is O=C(/C=C(\[O][Sn]([O]/C(=C\C(=O)c1ccccc1)c1ccccc1)([c]1ccccc1)[c]1ccccc1)c1ccccc1)c1ccccc1. The Bertz CT molecular complexity index is 1830. The molecule has 0 N–H and O–H groups in total. The number of ketones is 2. The van der Waals surface area contributed by atoms with Crippen LogP contribution in [0.3, 0.4) is 0 Å². The van der Waals surface area contributed by atoms with Gasteiger partial charge < -0.3 is 0 Å². The Labute approximate surface area is 280 Å². The molecule has 0 amide bonds. The van der Waals surface area contributed by atoms with Crippen LogP contribution in [0.15, 0.2) is 194 Å². The van der Waals surface area contributed by atoms with Crippen LogP contribution in [0.4, 0.5) is 0 Å². The van der Waals surface area contributed by atoms with Gasteiger partial charge in [-0.2, -0.15) is 0 Å². The molecule has 0 aromatic heterocycles. The van der Waals surface area contributed by atoms with E-state index in [4.69, 9.17) is 6.15 Å². The van der Waals surface area contributed by atoms with Crippen LogP contribution in [0.1, 0.15) is 31.8 Å². The molecule has 0 aliphatic heterocycles. The Morgan fingerprint density at radius 2 is 0.617 bits per heavy atom. The van der Waals surface area contributed by atoms with Crippen molar-refractivity contribution >= 4 is 49.4 Å². The second-order valence-electron chi connectivity index (χ2n) is 10.8. The van der Waals surface area contributed by atoms with E-state index in [1.165, 1.54) is 0 Å². The van der Waals surface area contributed by atoms with Gasteiger partial charge in [-0.1, -0.05) is 0 Å². The summed E-state index contributed by atoms with van der Waals surface area (Å²) in [6.07, 6.45) is 3.10. The summed E-state index contributed by atoms with van der Waals surface area (Å²) in [5.41, 5.74) is 2.56. The van der Waals surface area contributed by atoms with Crippen molar-refractivity contribution in [2.75, 3.05) is 0 Å². The van der Waals surface area contributed by atoms with Crippen LogP contribution < -0.4 is 7.16 Å². The number of carbonyl (C=O) groups excluding carboxylic acids is 2. The predicted molar refractivity (Wildman–Crippen MR) is 190 cm³/mol. The van der Waals surface area contributed by atoms with Gasteiger partial charge in [0, 0.05) is 0 Å². The van der Waals surface area contributed by atoms with Gasteiger partial charge >= 0.3 is 282 Å². The van der Waals surface area contributed by atoms with Gasteiger partial charge in [0.25, 0.3) is 0 Å². The number of benzene rings is 6. The van der Waals surface area contributed by atoms with E-state index in [9.17, 15) is 9.59 Å². The molecule has 0 bridgehead atoms. The zero-order chi connectivity index (χ0) is 32.3. The number of rotatable bonds is 12. The monoisotopic (exact) mass is 720 g/mol. The van der Waals surface area contributed by atoms with Crippen molar-refractivity contribution in [3.8, 4) is 0 Å². The normalized spacial score (nSPS) is 11.8. The summed E-state index contributed by atoms with van der Waals surface area (Å²) in [5.74, 6) is 0.405. The van der Waals surface area contributed by atoms with E-state index in [0.717, 1.165) is 18.3 Å². The quantitative estimate of drug-likeness (QED) is 0.0555. The second kappa shape index (κ2) is 15.2. The van der Waals surface area contributed by atoms with Crippen molar-refractivity contribution in [3.05, 3.63) is 216 Å². The first-order valence-electron chi connectivity index (χ1n) is 15.3. The van der Waals surface area contributed by atoms with Gasteiger partial charge in [0.1, 0.15) is 0 Å². The van der Waals surface area contributed by atoms with Crippen LogP contribution in [0.2, 0.25) is 0 Å². The van der Waals surface area contributed by atoms with Crippen LogP contribution in [0, 0.1) is 0 Å². The first-order chi connectivity index (χ1) is 23.1. The molecule has 0 saturated carbocycles. The van der Waals surface area contributed by atoms with Gasteiger partial charge in [-0.15, -0.1) is 0 Å². The molecule has 47 heavy (non-hydrogen) atoms. The van der Waals surface area contributed by atoms with E-state index in [1.54, 1.807) is 36.4 Å². The van der Waals surface area contributed by atoms with Crippen molar-refractivity contribution in [3.63, 3.8) is 0 Å². The molecular formula is C42H32O4Sn. The number of allylic oxidation sites excluding steroid dienone is 2. The summed E-state index contributed by atoms with van der Waals surface area (Å²) in [6, 6.07) is 57.2. The van der Waals surface area contributed by atoms with Gasteiger partial charge in [-0.05, 0) is 0 Å². The molecule has 0 spiro atoms. The van der Waals surface area contributed by atoms with Crippen molar-refractivity contribution < 1.29 is 15.7 Å². The molecule has 0 saturated heterocycles. The fraction of sp³-hybridized carbons (Fsp3) is 0. The van der Waals surface area contributed by atoms with Crippen molar-refractivity contribution in [2.24, 2.45) is 0 Å². The Morgan fingerprint density at radius 1 is 0.362 bits per heavy atom. The van der Waals surface area contributed by atoms with Crippen molar-refractivity contribution in [1.29, 1.82) is 0 Å². The first kappa shape index (κ1) is 31.5. The molecule has 0 aliphatic rings. The summed E-state index contributed by atoms with van der Waals surface area (Å²) in [5, 5.41) is 0. The Balaban J connectivity index is 1.58. The number of hydrogen-bond acceptors (Lipinski definition) is 4. The fourth-order valence-electron chi connectivity index (χ4n) is 5.21. The molecule has 228 valence electrons. The van der Waals surface area contributed by atoms with Crippen LogP contribution in [0.25, 0.3) is 11.5 Å². The minimum atomic E-state index is -4.93. The molecule has 6 aromatic rings. The zero-order valence-corrected chi connectivity index (χ0v) is 28.5. The maximum absolute atomic E-state index is 13.7. The van der Waals surface area contributed by atoms with E-state index in [1.807, 2.05) is 158 Å². The third-order valence-corrected chi connectivity index (χ3v) is 16.7. The van der Waals surface area contributed by atoms with Crippen molar-refractivity contribution in [1.82, 2.24) is 0 Å². The van der Waals surface area contributed by atoms with Gasteiger partial charge in [0.2, 0.25) is 0 Å². The molecular weight excluding hydrogens is 687 g/mol. The topological polar surface area (TPSA) is 52.6 Å². The van der Waals surface area contributed by atoms with Gasteiger partial charge in [-0.25, -0.2) is 0 Å². The molecule has 0 aliphatic carbocycles. The maximum atomic E-state index is 13.7. The van der Waals surface area contributed by atoms with Gasteiger partial charge in [0.05, 0.1) is 0 Å². The molecule has 0 fully saturated rings. The Kier molecular flexibility index (Phi) is 10.2. The molecule has 0 unspecified atom stereocenters. The number of carbonyl (C=O) groups is 2. The standard InChI is InChI=1S/2C15H12O2.2C6H5.Sn/c2*16-14(12-7-3-1-4-8-12)11-15(17)13-9-5-2-6-10-13;2*1-2-4-6-5-3-1;/h2*1-11,16H;2*1-5H;/q;;;;+2/p-2/b2*14-11-;;;. The molecule has 4 nitrogen and oxygen atoms in total. The van der Waals surface area contributed by atoms with Gasteiger partial charge in [0.15, 0.2) is 0 Å². The summed E-state index contributed by atoms with van der Waals surface area (Å²) in [4.78, 5) is 27.4. The van der Waals surface area contributed by atoms with E-state index >= 15 is 0 Å². The van der Waals surface area contributed by atoms with Crippen molar-refractivity contribution in [2.45, 2.75) is 0 Å². The van der Waals surface area contributed by atoms with Crippen LogP contribution in [-0.2, 0) is 6.15 Å². The summed E-state index contributed by atoms with van der Waals surface area (Å²) < 4.78 is 16.4. The third-order valence-electron chi connectivity index (χ3n) is 7.57. The molecule has 5 heteroatoms. The molecule has 0 heterocycles. The molecule has 6 rings (SSSR count). The minimum absolute atomic E-state index is 0.191. The predicted octanol–water partition coefficient (Wildman–Crippen LogP) is 8.12. The van der Waals surface area contributed by atoms with E-state index < -0.39 is 19.2 Å². The van der Waals surface area contributed by atoms with Crippen LogP contribution in [0.5, 0.6) is 0 Å². The van der Waals surface area contributed by atoms with Crippen LogP contribution in [-0.4, -0.2) is 30.8 Å². The second-order valence-corrected chi connectivity index (χ2v) is 18.7. The number of hydrogen-bond donors (Lipinski definition) is 0. The van der Waals surface area contributed by atoms with E-state index in [2.05, 4.69) is 0 Å². The average Bonchev–Trinajstić information content (AvgIpc) is 3.16. The van der Waals surface area contributed by atoms with Crippen LogP contribution >= 0.6 is 0 Å². The third kappa shape index (κ3) is 7.68. The van der Waals surface area contributed by atoms with E-state index in [-0.39, 0.29) is 11.6 Å².